The monoisotopic (exact) mass is 471 g/mol. The van der Waals surface area contributed by atoms with Crippen molar-refractivity contribution in [3.8, 4) is 0 Å². The maximum absolute atomic E-state index is 12.2. The highest BCUT2D eigenvalue weighted by Gasteiger charge is 2.50. The van der Waals surface area contributed by atoms with Crippen LogP contribution >= 0.6 is 0 Å². The van der Waals surface area contributed by atoms with Gasteiger partial charge in [0, 0.05) is 0 Å². The lowest BCUT2D eigenvalue weighted by molar-refractivity contribution is 0.128. The van der Waals surface area contributed by atoms with Crippen LogP contribution in [0.15, 0.2) is 91.0 Å². The lowest BCUT2D eigenvalue weighted by atomic mass is 10.0. The highest BCUT2D eigenvalue weighted by atomic mass is 28.4. The number of aryl methyl sites for hydroxylation is 1. The Balaban J connectivity index is 1.74. The number of amides is 1. The van der Waals surface area contributed by atoms with E-state index in [1.54, 1.807) is 0 Å². The zero-order valence-corrected chi connectivity index (χ0v) is 21.4. The van der Waals surface area contributed by atoms with Gasteiger partial charge in [0.25, 0.3) is 8.32 Å². The van der Waals surface area contributed by atoms with Crippen molar-refractivity contribution < 1.29 is 14.3 Å². The van der Waals surface area contributed by atoms with Crippen molar-refractivity contribution in [2.75, 3.05) is 13.2 Å². The van der Waals surface area contributed by atoms with Gasteiger partial charge in [0.05, 0.1) is 19.2 Å². The van der Waals surface area contributed by atoms with Gasteiger partial charge in [-0.3, -0.25) is 4.90 Å². The van der Waals surface area contributed by atoms with E-state index in [4.69, 9.17) is 4.43 Å². The van der Waals surface area contributed by atoms with Crippen LogP contribution in [0.4, 0.5) is 4.79 Å². The van der Waals surface area contributed by atoms with E-state index < -0.39 is 14.4 Å². The van der Waals surface area contributed by atoms with E-state index in [1.165, 1.54) is 15.3 Å². The summed E-state index contributed by atoms with van der Waals surface area (Å²) in [7, 11) is -2.74. The molecule has 0 aliphatic carbocycles. The van der Waals surface area contributed by atoms with Gasteiger partial charge in [-0.2, -0.15) is 0 Å². The quantitative estimate of drug-likeness (QED) is 0.495. The number of carboxylic acid groups (broad SMARTS) is 1. The van der Waals surface area contributed by atoms with Crippen LogP contribution in [0, 0.1) is 6.92 Å². The number of nitrogens with zero attached hydrogens (tertiary/aromatic N) is 1. The summed E-state index contributed by atoms with van der Waals surface area (Å²) in [5.74, 6) is 0. The molecule has 0 saturated carbocycles. The van der Waals surface area contributed by atoms with Gasteiger partial charge in [-0.25, -0.2) is 4.79 Å². The van der Waals surface area contributed by atoms with Crippen molar-refractivity contribution in [3.05, 3.63) is 102 Å². The van der Waals surface area contributed by atoms with Crippen LogP contribution < -0.4 is 10.4 Å². The number of benzene rings is 3. The topological polar surface area (TPSA) is 49.8 Å². The van der Waals surface area contributed by atoms with Crippen molar-refractivity contribution >= 4 is 30.4 Å². The molecule has 0 spiro atoms. The lowest BCUT2D eigenvalue weighted by Gasteiger charge is -2.43. The third-order valence-corrected chi connectivity index (χ3v) is 11.7. The van der Waals surface area contributed by atoms with Crippen molar-refractivity contribution in [1.82, 2.24) is 4.90 Å². The number of hydrogen-bond acceptors (Lipinski definition) is 2. The molecule has 1 aliphatic rings. The average Bonchev–Trinajstić information content (AvgIpc) is 3.25. The molecular formula is C29H33NO3Si. The molecule has 1 aliphatic heterocycles. The van der Waals surface area contributed by atoms with Crippen LogP contribution in [0.1, 0.15) is 31.9 Å². The van der Waals surface area contributed by atoms with Crippen LogP contribution in [0.2, 0.25) is 5.04 Å². The first-order valence-electron chi connectivity index (χ1n) is 11.7. The first kappa shape index (κ1) is 24.0. The molecule has 0 saturated heterocycles. The van der Waals surface area contributed by atoms with Crippen molar-refractivity contribution in [2.45, 2.75) is 38.8 Å². The highest BCUT2D eigenvalue weighted by molar-refractivity contribution is 6.99. The molecule has 3 aromatic rings. The Morgan fingerprint density at radius 1 is 0.971 bits per heavy atom. The smallest absolute Gasteiger partial charge is 0.408 e. The first-order chi connectivity index (χ1) is 16.2. The van der Waals surface area contributed by atoms with Crippen molar-refractivity contribution in [3.63, 3.8) is 0 Å². The molecule has 4 nitrogen and oxygen atoms in total. The molecule has 0 fully saturated rings. The van der Waals surface area contributed by atoms with Gasteiger partial charge in [0.1, 0.15) is 0 Å². The summed E-state index contributed by atoms with van der Waals surface area (Å²) in [4.78, 5) is 13.7. The van der Waals surface area contributed by atoms with E-state index in [0.29, 0.717) is 13.2 Å². The Bertz CT molecular complexity index is 1130. The zero-order valence-electron chi connectivity index (χ0n) is 20.4. The molecule has 34 heavy (non-hydrogen) atoms. The Morgan fingerprint density at radius 2 is 1.56 bits per heavy atom. The number of carbonyl (C=O) groups is 1. The van der Waals surface area contributed by atoms with Gasteiger partial charge in [-0.05, 0) is 33.5 Å². The summed E-state index contributed by atoms with van der Waals surface area (Å²) in [5, 5.41) is 12.2. The number of rotatable bonds is 6. The molecule has 176 valence electrons. The average molecular weight is 472 g/mol. The van der Waals surface area contributed by atoms with Gasteiger partial charge < -0.3 is 9.53 Å². The van der Waals surface area contributed by atoms with E-state index in [1.807, 2.05) is 24.3 Å². The molecule has 1 N–H and O–H groups in total. The molecule has 1 heterocycles. The van der Waals surface area contributed by atoms with E-state index in [2.05, 4.69) is 94.4 Å². The third kappa shape index (κ3) is 4.59. The molecule has 1 atom stereocenters. The van der Waals surface area contributed by atoms with Gasteiger partial charge >= 0.3 is 6.09 Å². The van der Waals surface area contributed by atoms with E-state index in [9.17, 15) is 9.90 Å². The van der Waals surface area contributed by atoms with Gasteiger partial charge in [0.2, 0.25) is 0 Å². The standard InChI is InChI=1S/C29H33NO3Si/c1-22-12-11-13-23(18-22)24-19-25(30(20-24)28(31)32)21-33-34(29(2,3)4,26-14-7-5-8-15-26)27-16-9-6-10-17-27/h5-19,25H,20-21H2,1-4H3,(H,31,32). The molecular weight excluding hydrogens is 438 g/mol. The normalized spacial score (nSPS) is 16.4. The highest BCUT2D eigenvalue weighted by Crippen LogP contribution is 2.37. The fourth-order valence-corrected chi connectivity index (χ4v) is 9.60. The fourth-order valence-electron chi connectivity index (χ4n) is 5.03. The lowest BCUT2D eigenvalue weighted by Crippen LogP contribution is -2.67. The Morgan fingerprint density at radius 3 is 2.06 bits per heavy atom. The minimum atomic E-state index is -2.74. The molecule has 5 heteroatoms. The van der Waals surface area contributed by atoms with Crippen molar-refractivity contribution in [2.24, 2.45) is 0 Å². The third-order valence-electron chi connectivity index (χ3n) is 6.66. The maximum Gasteiger partial charge on any atom is 0.408 e. The molecule has 0 bridgehead atoms. The fraction of sp³-hybridized carbons (Fsp3) is 0.276. The van der Waals surface area contributed by atoms with Crippen LogP contribution in [-0.4, -0.2) is 43.6 Å². The molecule has 3 aromatic carbocycles. The predicted octanol–water partition coefficient (Wildman–Crippen LogP) is 5.32. The van der Waals surface area contributed by atoms with Crippen molar-refractivity contribution in [1.29, 1.82) is 0 Å². The van der Waals surface area contributed by atoms with Crippen LogP contribution in [0.5, 0.6) is 0 Å². The summed E-state index contributed by atoms with van der Waals surface area (Å²) >= 11 is 0. The Labute approximate surface area is 203 Å². The first-order valence-corrected chi connectivity index (χ1v) is 13.7. The SMILES string of the molecule is Cc1cccc(C2=CC(CO[Si](c3ccccc3)(c3ccccc3)C(C)(C)C)N(C(=O)O)C2)c1. The Kier molecular flexibility index (Phi) is 6.78. The second-order valence-electron chi connectivity index (χ2n) is 10.0. The molecule has 4 rings (SSSR count). The van der Waals surface area contributed by atoms with Crippen LogP contribution in [0.25, 0.3) is 5.57 Å². The van der Waals surface area contributed by atoms with Gasteiger partial charge in [-0.1, -0.05) is 117 Å². The summed E-state index contributed by atoms with van der Waals surface area (Å²) in [5.41, 5.74) is 3.26. The maximum atomic E-state index is 12.2. The van der Waals surface area contributed by atoms with Gasteiger partial charge in [-0.15, -0.1) is 0 Å². The predicted molar refractivity (Wildman–Crippen MR) is 141 cm³/mol. The van der Waals surface area contributed by atoms with Crippen LogP contribution in [0.3, 0.4) is 0 Å². The summed E-state index contributed by atoms with van der Waals surface area (Å²) in [6.45, 7) is 9.44. The molecule has 0 aromatic heterocycles. The second kappa shape index (κ2) is 9.61. The number of hydrogen-bond donors (Lipinski definition) is 1. The zero-order chi connectivity index (χ0) is 24.3. The molecule has 0 radical (unpaired) electrons. The van der Waals surface area contributed by atoms with Gasteiger partial charge in [0.15, 0.2) is 0 Å². The second-order valence-corrected chi connectivity index (χ2v) is 14.3. The molecule has 1 unspecified atom stereocenters. The van der Waals surface area contributed by atoms with E-state index >= 15 is 0 Å². The van der Waals surface area contributed by atoms with Crippen LogP contribution in [-0.2, 0) is 4.43 Å². The minimum Gasteiger partial charge on any atom is -0.465 e. The summed E-state index contributed by atoms with van der Waals surface area (Å²) in [6, 6.07) is 28.8. The Hall–Kier alpha value is -3.15. The van der Waals surface area contributed by atoms with E-state index in [-0.39, 0.29) is 11.1 Å². The minimum absolute atomic E-state index is 0.161. The largest absolute Gasteiger partial charge is 0.465 e. The van der Waals surface area contributed by atoms with E-state index in [0.717, 1.165) is 16.7 Å². The summed E-state index contributed by atoms with van der Waals surface area (Å²) < 4.78 is 7.03. The molecule has 1 amide bonds. The summed E-state index contributed by atoms with van der Waals surface area (Å²) in [6.07, 6.45) is 1.15.